The number of nitrogens with zero attached hydrogens (tertiary/aromatic N) is 4. The van der Waals surface area contributed by atoms with Crippen molar-refractivity contribution >= 4 is 27.6 Å². The van der Waals surface area contributed by atoms with Gasteiger partial charge in [0.05, 0.1) is 47.2 Å². The first-order chi connectivity index (χ1) is 17.8. The van der Waals surface area contributed by atoms with Crippen molar-refractivity contribution in [2.45, 2.75) is 37.4 Å². The van der Waals surface area contributed by atoms with E-state index in [1.54, 1.807) is 6.07 Å². The molecule has 0 aliphatic heterocycles. The minimum atomic E-state index is -3.57. The van der Waals surface area contributed by atoms with Crippen LogP contribution in [0.5, 0.6) is 5.88 Å². The van der Waals surface area contributed by atoms with E-state index >= 15 is 0 Å². The average molecular weight is 531 g/mol. The zero-order valence-electron chi connectivity index (χ0n) is 20.3. The maximum atomic E-state index is 15.0. The third kappa shape index (κ3) is 6.74. The van der Waals surface area contributed by atoms with Gasteiger partial charge in [0.25, 0.3) is 0 Å². The van der Waals surface area contributed by atoms with Gasteiger partial charge in [0.1, 0.15) is 5.82 Å². The van der Waals surface area contributed by atoms with Gasteiger partial charge in [0, 0.05) is 25.5 Å². The van der Waals surface area contributed by atoms with E-state index < -0.39 is 32.9 Å². The SMILES string of the molecule is CCOc1cncc(-c2ccc(NC(=O)C(CCOC)c3ccnc(NS(=O)(=O)C4CC4)n3)c(F)c2)n1. The lowest BCUT2D eigenvalue weighted by atomic mass is 10.00. The van der Waals surface area contributed by atoms with Gasteiger partial charge in [-0.1, -0.05) is 6.07 Å². The highest BCUT2D eigenvalue weighted by molar-refractivity contribution is 7.93. The molecule has 1 fully saturated rings. The maximum Gasteiger partial charge on any atom is 0.237 e. The number of halogens is 1. The monoisotopic (exact) mass is 530 g/mol. The quantitative estimate of drug-likeness (QED) is 0.361. The predicted octanol–water partition coefficient (Wildman–Crippen LogP) is 3.13. The molecule has 1 unspecified atom stereocenters. The number of methoxy groups -OCH3 is 1. The highest BCUT2D eigenvalue weighted by Gasteiger charge is 2.36. The minimum absolute atomic E-state index is 0.0335. The summed E-state index contributed by atoms with van der Waals surface area (Å²) in [6, 6.07) is 5.80. The highest BCUT2D eigenvalue weighted by atomic mass is 32.2. The van der Waals surface area contributed by atoms with Gasteiger partial charge in [-0.05, 0) is 44.4 Å². The van der Waals surface area contributed by atoms with Gasteiger partial charge in [0.15, 0.2) is 0 Å². The molecule has 37 heavy (non-hydrogen) atoms. The molecule has 1 saturated carbocycles. The lowest BCUT2D eigenvalue weighted by Gasteiger charge is -2.17. The zero-order valence-corrected chi connectivity index (χ0v) is 21.2. The molecule has 2 aromatic heterocycles. The Bertz CT molecular complexity index is 1370. The van der Waals surface area contributed by atoms with Gasteiger partial charge in [-0.2, -0.15) is 0 Å². The topological polar surface area (TPSA) is 145 Å². The summed E-state index contributed by atoms with van der Waals surface area (Å²) in [5.41, 5.74) is 1.12. The number of carbonyl (C=O) groups excluding carboxylic acids is 1. The van der Waals surface area contributed by atoms with E-state index in [4.69, 9.17) is 9.47 Å². The number of aromatic nitrogens is 4. The lowest BCUT2D eigenvalue weighted by molar-refractivity contribution is -0.118. The standard InChI is InChI=1S/C24H27FN6O5S/c1-3-36-22-14-26-13-21(28-22)15-4-7-20(18(25)12-15)29-23(32)17(9-11-35-2)19-8-10-27-24(30-19)31-37(33,34)16-5-6-16/h4,7-8,10,12-14,16-17H,3,5-6,9,11H2,1-2H3,(H,29,32)(H,27,30,31). The first-order valence-electron chi connectivity index (χ1n) is 11.7. The molecule has 13 heteroatoms. The van der Waals surface area contributed by atoms with Crippen molar-refractivity contribution < 1.29 is 27.1 Å². The number of sulfonamides is 1. The molecule has 196 valence electrons. The normalized spacial score (nSPS) is 14.1. The number of carbonyl (C=O) groups is 1. The van der Waals surface area contributed by atoms with Crippen LogP contribution in [0.15, 0.2) is 42.9 Å². The van der Waals surface area contributed by atoms with Crippen molar-refractivity contribution in [3.63, 3.8) is 0 Å². The fraction of sp³-hybridized carbons (Fsp3) is 0.375. The Morgan fingerprint density at radius 2 is 2.03 bits per heavy atom. The third-order valence-electron chi connectivity index (χ3n) is 5.59. The number of ether oxygens (including phenoxy) is 2. The fourth-order valence-electron chi connectivity index (χ4n) is 3.55. The summed E-state index contributed by atoms with van der Waals surface area (Å²) in [4.78, 5) is 29.8. The molecule has 2 heterocycles. The number of hydrogen-bond donors (Lipinski definition) is 2. The van der Waals surface area contributed by atoms with E-state index in [0.29, 0.717) is 36.6 Å². The predicted molar refractivity (Wildman–Crippen MR) is 134 cm³/mol. The molecule has 11 nitrogen and oxygen atoms in total. The third-order valence-corrected chi connectivity index (χ3v) is 7.40. The Morgan fingerprint density at radius 1 is 1.22 bits per heavy atom. The first-order valence-corrected chi connectivity index (χ1v) is 13.2. The second kappa shape index (κ2) is 11.6. The Morgan fingerprint density at radius 3 is 2.73 bits per heavy atom. The van der Waals surface area contributed by atoms with Crippen LogP contribution in [0, 0.1) is 5.82 Å². The molecule has 2 N–H and O–H groups in total. The number of rotatable bonds is 12. The van der Waals surface area contributed by atoms with Gasteiger partial charge in [-0.25, -0.2) is 27.8 Å². The highest BCUT2D eigenvalue weighted by Crippen LogP contribution is 2.30. The zero-order chi connectivity index (χ0) is 26.4. The summed E-state index contributed by atoms with van der Waals surface area (Å²) < 4.78 is 52.3. The molecule has 3 aromatic rings. The van der Waals surface area contributed by atoms with Crippen molar-refractivity contribution in [3.05, 3.63) is 54.4 Å². The van der Waals surface area contributed by atoms with E-state index in [1.165, 1.54) is 43.9 Å². The number of benzene rings is 1. The van der Waals surface area contributed by atoms with Crippen molar-refractivity contribution in [2.24, 2.45) is 0 Å². The van der Waals surface area contributed by atoms with Crippen molar-refractivity contribution in [1.82, 2.24) is 19.9 Å². The Kier molecular flexibility index (Phi) is 8.24. The Hall–Kier alpha value is -3.71. The summed E-state index contributed by atoms with van der Waals surface area (Å²) in [6.45, 7) is 2.46. The van der Waals surface area contributed by atoms with Crippen LogP contribution in [0.1, 0.15) is 37.8 Å². The lowest BCUT2D eigenvalue weighted by Crippen LogP contribution is -2.25. The molecule has 0 saturated heterocycles. The van der Waals surface area contributed by atoms with Gasteiger partial charge >= 0.3 is 0 Å². The first kappa shape index (κ1) is 26.4. The van der Waals surface area contributed by atoms with Crippen molar-refractivity contribution in [3.8, 4) is 17.1 Å². The summed E-state index contributed by atoms with van der Waals surface area (Å²) >= 11 is 0. The molecule has 4 rings (SSSR count). The van der Waals surface area contributed by atoms with E-state index in [9.17, 15) is 17.6 Å². The minimum Gasteiger partial charge on any atom is -0.477 e. The van der Waals surface area contributed by atoms with Crippen LogP contribution in [-0.4, -0.2) is 59.8 Å². The molecule has 1 aliphatic carbocycles. The molecule has 1 aromatic carbocycles. The molecule has 1 amide bonds. The van der Waals surface area contributed by atoms with E-state index in [2.05, 4.69) is 30.0 Å². The summed E-state index contributed by atoms with van der Waals surface area (Å²) in [5.74, 6) is -1.84. The summed E-state index contributed by atoms with van der Waals surface area (Å²) in [7, 11) is -2.08. The molecule has 0 bridgehead atoms. The van der Waals surface area contributed by atoms with Gasteiger partial charge in [-0.15, -0.1) is 0 Å². The molecular formula is C24H27FN6O5S. The van der Waals surface area contributed by atoms with E-state index in [0.717, 1.165) is 0 Å². The van der Waals surface area contributed by atoms with Gasteiger partial charge in [0.2, 0.25) is 27.8 Å². The Labute approximate surface area is 213 Å². The maximum absolute atomic E-state index is 15.0. The number of amides is 1. The molecule has 1 atom stereocenters. The molecule has 0 radical (unpaired) electrons. The van der Waals surface area contributed by atoms with Crippen molar-refractivity contribution in [1.29, 1.82) is 0 Å². The molecule has 0 spiro atoms. The van der Waals surface area contributed by atoms with Crippen LogP contribution in [0.3, 0.4) is 0 Å². The molecule has 1 aliphatic rings. The van der Waals surface area contributed by atoms with E-state index in [-0.39, 0.29) is 30.4 Å². The van der Waals surface area contributed by atoms with E-state index in [1.807, 2.05) is 6.92 Å². The van der Waals surface area contributed by atoms with Gasteiger partial charge in [-0.3, -0.25) is 14.5 Å². The number of anilines is 2. The molecular weight excluding hydrogens is 503 g/mol. The summed E-state index contributed by atoms with van der Waals surface area (Å²) in [6.07, 6.45) is 5.72. The summed E-state index contributed by atoms with van der Waals surface area (Å²) in [5, 5.41) is 2.14. The van der Waals surface area contributed by atoms with Crippen LogP contribution in [-0.2, 0) is 19.6 Å². The van der Waals surface area contributed by atoms with Crippen LogP contribution >= 0.6 is 0 Å². The number of nitrogens with one attached hydrogen (secondary N) is 2. The number of hydrogen-bond acceptors (Lipinski definition) is 9. The van der Waals surface area contributed by atoms with Crippen LogP contribution in [0.2, 0.25) is 0 Å². The average Bonchev–Trinajstić information content (AvgIpc) is 3.72. The van der Waals surface area contributed by atoms with Gasteiger partial charge < -0.3 is 14.8 Å². The van der Waals surface area contributed by atoms with Crippen LogP contribution in [0.4, 0.5) is 16.0 Å². The second-order valence-corrected chi connectivity index (χ2v) is 10.3. The van der Waals surface area contributed by atoms with Crippen molar-refractivity contribution in [2.75, 3.05) is 30.4 Å². The second-order valence-electron chi connectivity index (χ2n) is 8.35. The van der Waals surface area contributed by atoms with Crippen LogP contribution < -0.4 is 14.8 Å². The largest absolute Gasteiger partial charge is 0.477 e. The fourth-order valence-corrected chi connectivity index (χ4v) is 4.83. The Balaban J connectivity index is 1.53. The van der Waals surface area contributed by atoms with Crippen LogP contribution in [0.25, 0.3) is 11.3 Å². The smallest absolute Gasteiger partial charge is 0.237 e.